The first-order chi connectivity index (χ1) is 20.9. The molecule has 1 heterocycles. The lowest BCUT2D eigenvalue weighted by Gasteiger charge is -2.12. The molecule has 0 atom stereocenters. The highest BCUT2D eigenvalue weighted by Crippen LogP contribution is 2.34. The van der Waals surface area contributed by atoms with Gasteiger partial charge in [-0.15, -0.1) is 11.3 Å². The Morgan fingerprint density at radius 1 is 0.953 bits per heavy atom. The van der Waals surface area contributed by atoms with Crippen molar-refractivity contribution in [2.75, 3.05) is 17.2 Å². The van der Waals surface area contributed by atoms with Crippen molar-refractivity contribution in [1.29, 1.82) is 0 Å². The SMILES string of the molecule is O=C(COc1c(Br)cc(/C=N/NC(=O)c2ccc(-c3csc(Nc4ccccc4)n3)cc2)cc1Br)Nc1ccccc1Cl. The normalized spacial score (nSPS) is 10.9. The van der Waals surface area contributed by atoms with E-state index >= 15 is 0 Å². The maximum absolute atomic E-state index is 12.6. The van der Waals surface area contributed by atoms with Crippen molar-refractivity contribution in [2.45, 2.75) is 0 Å². The van der Waals surface area contributed by atoms with Crippen LogP contribution in [-0.2, 0) is 4.79 Å². The molecule has 216 valence electrons. The topological polar surface area (TPSA) is 105 Å². The number of benzene rings is 4. The Morgan fingerprint density at radius 2 is 1.65 bits per heavy atom. The molecular weight excluding hydrogens is 718 g/mol. The molecule has 0 spiro atoms. The lowest BCUT2D eigenvalue weighted by atomic mass is 10.1. The van der Waals surface area contributed by atoms with Gasteiger partial charge in [0.2, 0.25) is 0 Å². The van der Waals surface area contributed by atoms with Crippen molar-refractivity contribution in [2.24, 2.45) is 5.10 Å². The van der Waals surface area contributed by atoms with Gasteiger partial charge in [-0.3, -0.25) is 9.59 Å². The summed E-state index contributed by atoms with van der Waals surface area (Å²) >= 11 is 14.5. The van der Waals surface area contributed by atoms with Crippen LogP contribution in [0, 0.1) is 0 Å². The zero-order valence-electron chi connectivity index (χ0n) is 22.2. The molecule has 8 nitrogen and oxygen atoms in total. The summed E-state index contributed by atoms with van der Waals surface area (Å²) < 4.78 is 6.89. The molecule has 0 fully saturated rings. The van der Waals surface area contributed by atoms with Gasteiger partial charge in [-0.25, -0.2) is 10.4 Å². The number of carbonyl (C=O) groups excluding carboxylic acids is 2. The molecule has 0 saturated heterocycles. The summed E-state index contributed by atoms with van der Waals surface area (Å²) in [6.07, 6.45) is 1.51. The highest BCUT2D eigenvalue weighted by atomic mass is 79.9. The average Bonchev–Trinajstić information content (AvgIpc) is 3.47. The summed E-state index contributed by atoms with van der Waals surface area (Å²) in [6, 6.07) is 27.5. The predicted molar refractivity (Wildman–Crippen MR) is 180 cm³/mol. The Balaban J connectivity index is 1.14. The fraction of sp³-hybridized carbons (Fsp3) is 0.0323. The Bertz CT molecular complexity index is 1760. The van der Waals surface area contributed by atoms with Crippen LogP contribution in [-0.4, -0.2) is 29.6 Å². The summed E-state index contributed by atoms with van der Waals surface area (Å²) in [5.74, 6) is -0.265. The Kier molecular flexibility index (Phi) is 10.2. The number of para-hydroxylation sites is 2. The first-order valence-corrected chi connectivity index (χ1v) is 15.6. The third-order valence-electron chi connectivity index (χ3n) is 5.87. The summed E-state index contributed by atoms with van der Waals surface area (Å²) in [6.45, 7) is -0.223. The van der Waals surface area contributed by atoms with E-state index in [0.717, 1.165) is 22.1 Å². The summed E-state index contributed by atoms with van der Waals surface area (Å²) in [5, 5.41) is 13.3. The van der Waals surface area contributed by atoms with E-state index in [4.69, 9.17) is 16.3 Å². The van der Waals surface area contributed by atoms with E-state index in [2.05, 4.69) is 58.0 Å². The summed E-state index contributed by atoms with van der Waals surface area (Å²) in [5.41, 5.74) is 6.87. The number of thiazole rings is 1. The second-order valence-corrected chi connectivity index (χ2v) is 11.9. The number of hydrogen-bond acceptors (Lipinski definition) is 7. The fourth-order valence-electron chi connectivity index (χ4n) is 3.81. The van der Waals surface area contributed by atoms with Crippen molar-refractivity contribution in [1.82, 2.24) is 10.4 Å². The van der Waals surface area contributed by atoms with E-state index in [9.17, 15) is 9.59 Å². The molecule has 0 aliphatic rings. The van der Waals surface area contributed by atoms with Crippen molar-refractivity contribution in [3.8, 4) is 17.0 Å². The van der Waals surface area contributed by atoms with Crippen LogP contribution in [0.25, 0.3) is 11.3 Å². The number of nitrogens with zero attached hydrogens (tertiary/aromatic N) is 2. The Hall–Kier alpha value is -4.03. The number of anilines is 3. The quantitative estimate of drug-likeness (QED) is 0.0985. The second kappa shape index (κ2) is 14.4. The number of amides is 2. The standard InChI is InChI=1S/C31H22Br2ClN5O3S/c32-23-14-19(15-24(33)29(23)42-17-28(40)37-26-9-5-4-8-25(26)34)16-35-39-30(41)21-12-10-20(11-13-21)27-18-43-31(38-27)36-22-6-2-1-3-7-22/h1-16,18H,17H2,(H,36,38)(H,37,40)(H,39,41)/b35-16+. The highest BCUT2D eigenvalue weighted by Gasteiger charge is 2.13. The largest absolute Gasteiger partial charge is 0.481 e. The minimum Gasteiger partial charge on any atom is -0.481 e. The van der Waals surface area contributed by atoms with Gasteiger partial charge in [0, 0.05) is 22.2 Å². The molecule has 3 N–H and O–H groups in total. The van der Waals surface area contributed by atoms with Crippen LogP contribution in [0.2, 0.25) is 5.02 Å². The van der Waals surface area contributed by atoms with E-state index < -0.39 is 0 Å². The molecule has 12 heteroatoms. The van der Waals surface area contributed by atoms with E-state index in [1.165, 1.54) is 17.6 Å². The molecule has 5 rings (SSSR count). The van der Waals surface area contributed by atoms with Gasteiger partial charge in [0.15, 0.2) is 11.7 Å². The molecule has 4 aromatic carbocycles. The molecule has 0 aliphatic heterocycles. The third-order valence-corrected chi connectivity index (χ3v) is 8.13. The van der Waals surface area contributed by atoms with E-state index in [-0.39, 0.29) is 18.4 Å². The van der Waals surface area contributed by atoms with Gasteiger partial charge in [0.1, 0.15) is 5.75 Å². The number of carbonyl (C=O) groups is 2. The molecular formula is C31H22Br2ClN5O3S. The zero-order chi connectivity index (χ0) is 30.2. The van der Waals surface area contributed by atoms with E-state index in [0.29, 0.717) is 36.5 Å². The number of nitrogens with one attached hydrogen (secondary N) is 3. The van der Waals surface area contributed by atoms with Gasteiger partial charge in [-0.05, 0) is 86.0 Å². The molecule has 0 radical (unpaired) electrons. The van der Waals surface area contributed by atoms with Crippen LogP contribution in [0.1, 0.15) is 15.9 Å². The number of rotatable bonds is 10. The van der Waals surface area contributed by atoms with Gasteiger partial charge in [-0.2, -0.15) is 5.10 Å². The minimum atomic E-state index is -0.357. The van der Waals surface area contributed by atoms with Crippen LogP contribution >= 0.6 is 54.8 Å². The molecule has 0 bridgehead atoms. The molecule has 0 aliphatic carbocycles. The number of halogens is 3. The van der Waals surface area contributed by atoms with Gasteiger partial charge in [-0.1, -0.05) is 54.1 Å². The average molecular weight is 740 g/mol. The number of hydrogen-bond donors (Lipinski definition) is 3. The molecule has 0 unspecified atom stereocenters. The maximum atomic E-state index is 12.6. The summed E-state index contributed by atoms with van der Waals surface area (Å²) in [7, 11) is 0. The van der Waals surface area contributed by atoms with Crippen LogP contribution in [0.15, 0.2) is 110 Å². The van der Waals surface area contributed by atoms with Gasteiger partial charge >= 0.3 is 0 Å². The van der Waals surface area contributed by atoms with Gasteiger partial charge in [0.05, 0.1) is 31.6 Å². The predicted octanol–water partition coefficient (Wildman–Crippen LogP) is 8.51. The molecule has 43 heavy (non-hydrogen) atoms. The first-order valence-electron chi connectivity index (χ1n) is 12.7. The molecule has 2 amide bonds. The smallest absolute Gasteiger partial charge is 0.271 e. The Morgan fingerprint density at radius 3 is 2.37 bits per heavy atom. The monoisotopic (exact) mass is 737 g/mol. The third kappa shape index (κ3) is 8.29. The number of hydrazone groups is 1. The molecule has 5 aromatic rings. The highest BCUT2D eigenvalue weighted by molar-refractivity contribution is 9.11. The zero-order valence-corrected chi connectivity index (χ0v) is 26.9. The van der Waals surface area contributed by atoms with Gasteiger partial charge in [0.25, 0.3) is 11.8 Å². The lowest BCUT2D eigenvalue weighted by molar-refractivity contribution is -0.118. The van der Waals surface area contributed by atoms with Crippen LogP contribution in [0.5, 0.6) is 5.75 Å². The first kappa shape index (κ1) is 30.4. The van der Waals surface area contributed by atoms with Crippen molar-refractivity contribution < 1.29 is 14.3 Å². The molecule has 0 saturated carbocycles. The second-order valence-electron chi connectivity index (χ2n) is 8.94. The lowest BCUT2D eigenvalue weighted by Crippen LogP contribution is -2.20. The fourth-order valence-corrected chi connectivity index (χ4v) is 6.18. The van der Waals surface area contributed by atoms with Crippen molar-refractivity contribution in [3.63, 3.8) is 0 Å². The molecule has 1 aromatic heterocycles. The summed E-state index contributed by atoms with van der Waals surface area (Å²) in [4.78, 5) is 29.6. The van der Waals surface area contributed by atoms with E-state index in [1.807, 2.05) is 47.8 Å². The van der Waals surface area contributed by atoms with Crippen LogP contribution < -0.4 is 20.8 Å². The van der Waals surface area contributed by atoms with Crippen molar-refractivity contribution in [3.05, 3.63) is 121 Å². The Labute approximate surface area is 273 Å². The van der Waals surface area contributed by atoms with Crippen LogP contribution in [0.3, 0.4) is 0 Å². The number of aromatic nitrogens is 1. The van der Waals surface area contributed by atoms with Crippen molar-refractivity contribution >= 4 is 89.3 Å². The maximum Gasteiger partial charge on any atom is 0.271 e. The minimum absolute atomic E-state index is 0.223. The van der Waals surface area contributed by atoms with Gasteiger partial charge < -0.3 is 15.4 Å². The number of ether oxygens (including phenoxy) is 1. The van der Waals surface area contributed by atoms with Crippen LogP contribution in [0.4, 0.5) is 16.5 Å². The van der Waals surface area contributed by atoms with E-state index in [1.54, 1.807) is 48.5 Å².